The first-order valence-electron chi connectivity index (χ1n) is 54.3. The van der Waals surface area contributed by atoms with E-state index in [0.29, 0.717) is 65.8 Å². The molecule has 0 saturated carbocycles. The normalized spacial score (nSPS) is 13.6. The number of aromatic nitrogens is 1. The SMILES string of the molecule is CC(C)CCc1ccc(C(C)(C)C)cc1.CC(C)c1ccc2[nH]c(=O)oc2c1.CC(C)c1ccc2c(c1)C(=O)NC2.CC(C)c1ccc2c(c1)C(C)(C)C(=O)N2.CC(C)c1ccc2c(c1)CC(=O)C2(C)C.CC(C)c1ccc2c(c1)CC=C2.CC(C)c1ccc2c(c1)CC=N2.CC(C)c1ccc2c(c1)CCN2.CCc1ccc(CCC(C)C)cc1.Cc1cccc(CCC(C)C)c1.Cc1ccccc1CCC(C)C. The van der Waals surface area contributed by atoms with Gasteiger partial charge in [-0.15, -0.1) is 0 Å². The van der Waals surface area contributed by atoms with E-state index in [0.717, 1.165) is 83.1 Å². The van der Waals surface area contributed by atoms with Gasteiger partial charge in [-0.1, -0.05) is 386 Å². The highest BCUT2D eigenvalue weighted by Crippen LogP contribution is 2.41. The van der Waals surface area contributed by atoms with E-state index in [9.17, 15) is 19.2 Å². The zero-order valence-electron chi connectivity index (χ0n) is 94.5. The highest BCUT2D eigenvalue weighted by molar-refractivity contribution is 6.05. The average molecular weight is 1940 g/mol. The Hall–Kier alpha value is -11.5. The molecule has 772 valence electrons. The zero-order chi connectivity index (χ0) is 106. The van der Waals surface area contributed by atoms with Gasteiger partial charge in [0.05, 0.1) is 16.6 Å². The van der Waals surface area contributed by atoms with E-state index in [4.69, 9.17) is 4.42 Å². The maximum Gasteiger partial charge on any atom is 0.417 e. The third kappa shape index (κ3) is 36.9. The first-order valence-corrected chi connectivity index (χ1v) is 54.3. The second-order valence-corrected chi connectivity index (χ2v) is 46.3. The maximum absolute atomic E-state index is 11.8. The van der Waals surface area contributed by atoms with Crippen molar-refractivity contribution in [3.8, 4) is 0 Å². The fourth-order valence-corrected chi connectivity index (χ4v) is 17.6. The van der Waals surface area contributed by atoms with E-state index < -0.39 is 5.76 Å². The Kier molecular flexibility index (Phi) is 46.0. The monoisotopic (exact) mass is 1940 g/mol. The molecule has 6 aliphatic rings. The summed E-state index contributed by atoms with van der Waals surface area (Å²) < 4.78 is 4.95. The summed E-state index contributed by atoms with van der Waals surface area (Å²) in [6.45, 7) is 71.9. The quantitative estimate of drug-likeness (QED) is 0.0598. The highest BCUT2D eigenvalue weighted by Gasteiger charge is 2.39. The molecule has 0 atom stereocenters. The summed E-state index contributed by atoms with van der Waals surface area (Å²) in [5.41, 5.74) is 36.7. The number of hydrogen-bond donors (Lipinski definition) is 4. The number of ketones is 1. The van der Waals surface area contributed by atoms with Crippen LogP contribution in [0.1, 0.15) is 413 Å². The Labute approximate surface area is 871 Å². The Bertz CT molecular complexity index is 6090. The Morgan fingerprint density at radius 2 is 0.896 bits per heavy atom. The van der Waals surface area contributed by atoms with Crippen LogP contribution in [0.5, 0.6) is 0 Å². The van der Waals surface area contributed by atoms with E-state index in [-0.39, 0.29) is 28.1 Å². The van der Waals surface area contributed by atoms with Gasteiger partial charge in [-0.3, -0.25) is 24.4 Å². The summed E-state index contributed by atoms with van der Waals surface area (Å²) in [5.74, 6) is 7.24. The molecule has 4 aliphatic heterocycles. The Balaban J connectivity index is 0.000000194. The van der Waals surface area contributed by atoms with Gasteiger partial charge in [-0.2, -0.15) is 0 Å². The molecule has 0 saturated heterocycles. The van der Waals surface area contributed by atoms with Crippen LogP contribution in [-0.4, -0.2) is 35.3 Å². The number of hydrogen-bond acceptors (Lipinski definition) is 7. The van der Waals surface area contributed by atoms with E-state index in [1.807, 2.05) is 70.3 Å². The van der Waals surface area contributed by atoms with Crippen molar-refractivity contribution in [1.29, 1.82) is 0 Å². The number of carbonyl (C=O) groups excluding carboxylic acids is 3. The van der Waals surface area contributed by atoms with Gasteiger partial charge in [0.1, 0.15) is 5.78 Å². The van der Waals surface area contributed by atoms with Crippen LogP contribution in [0.4, 0.5) is 17.1 Å². The van der Waals surface area contributed by atoms with Crippen LogP contribution in [0, 0.1) is 37.5 Å². The topological polar surface area (TPSA) is 146 Å². The lowest BCUT2D eigenvalue weighted by molar-refractivity contribution is -0.122. The van der Waals surface area contributed by atoms with E-state index >= 15 is 0 Å². The zero-order valence-corrected chi connectivity index (χ0v) is 94.5. The van der Waals surface area contributed by atoms with Crippen LogP contribution in [0.25, 0.3) is 17.2 Å². The molecule has 0 fully saturated rings. The maximum atomic E-state index is 11.8. The van der Waals surface area contributed by atoms with Crippen molar-refractivity contribution in [3.05, 3.63) is 375 Å². The van der Waals surface area contributed by atoms with Crippen LogP contribution >= 0.6 is 0 Å². The van der Waals surface area contributed by atoms with Gasteiger partial charge >= 0.3 is 5.76 Å². The Morgan fingerprint density at radius 1 is 0.410 bits per heavy atom. The third-order valence-corrected chi connectivity index (χ3v) is 28.2. The van der Waals surface area contributed by atoms with Crippen molar-refractivity contribution in [2.45, 2.75) is 369 Å². The van der Waals surface area contributed by atoms with Crippen LogP contribution in [-0.2, 0) is 90.2 Å². The van der Waals surface area contributed by atoms with Crippen LogP contribution in [0.3, 0.4) is 0 Å². The number of oxazole rings is 1. The summed E-state index contributed by atoms with van der Waals surface area (Å²) in [7, 11) is 0. The number of aryl methyl sites for hydroxylation is 7. The van der Waals surface area contributed by atoms with Crippen molar-refractivity contribution in [1.82, 2.24) is 10.3 Å². The van der Waals surface area contributed by atoms with Gasteiger partial charge in [0.25, 0.3) is 5.91 Å². The van der Waals surface area contributed by atoms with E-state index in [1.54, 1.807) is 0 Å². The van der Waals surface area contributed by atoms with Crippen molar-refractivity contribution in [2.75, 3.05) is 17.2 Å². The van der Waals surface area contributed by atoms with E-state index in [2.05, 4.69) is 420 Å². The number of aliphatic imine (C=N–C) groups is 1. The van der Waals surface area contributed by atoms with Gasteiger partial charge in [-0.05, 0) is 341 Å². The number of nitrogens with one attached hydrogen (secondary N) is 4. The molecule has 2 aliphatic carbocycles. The molecule has 11 aromatic carbocycles. The molecule has 1 aromatic heterocycles. The number of allylic oxidation sites excluding steroid dienone is 1. The first-order chi connectivity index (χ1) is 68.0. The fourth-order valence-electron chi connectivity index (χ4n) is 17.6. The van der Waals surface area contributed by atoms with Gasteiger partial charge in [0.2, 0.25) is 5.91 Å². The van der Waals surface area contributed by atoms with Crippen molar-refractivity contribution in [2.24, 2.45) is 28.7 Å². The fraction of sp³-hybridized carbons (Fsp3) is 0.455. The van der Waals surface area contributed by atoms with Crippen molar-refractivity contribution < 1.29 is 18.8 Å². The van der Waals surface area contributed by atoms with Gasteiger partial charge < -0.3 is 20.4 Å². The summed E-state index contributed by atoms with van der Waals surface area (Å²) >= 11 is 0. The van der Waals surface area contributed by atoms with Crippen molar-refractivity contribution in [3.63, 3.8) is 0 Å². The summed E-state index contributed by atoms with van der Waals surface area (Å²) in [6, 6.07) is 80.4. The summed E-state index contributed by atoms with van der Waals surface area (Å²) in [5, 5.41) is 9.09. The number of H-pyrrole nitrogens is 1. The summed E-state index contributed by atoms with van der Waals surface area (Å²) in [6.07, 6.45) is 21.6. The Morgan fingerprint density at radius 3 is 1.46 bits per heavy atom. The number of rotatable bonds is 20. The molecule has 10 nitrogen and oxygen atoms in total. The number of anilines is 2. The lowest BCUT2D eigenvalue weighted by atomic mass is 9.84. The number of Topliss-reactive ketones (excluding diaryl/α,β-unsaturated/α-hetero) is 1. The van der Waals surface area contributed by atoms with Crippen LogP contribution < -0.4 is 21.7 Å². The lowest BCUT2D eigenvalue weighted by Crippen LogP contribution is -2.26. The molecule has 0 bridgehead atoms. The predicted molar refractivity (Wildman–Crippen MR) is 621 cm³/mol. The first kappa shape index (κ1) is 118. The van der Waals surface area contributed by atoms with Gasteiger partial charge in [0.15, 0.2) is 5.58 Å². The number of fused-ring (bicyclic) bond motifs is 7. The molecule has 0 spiro atoms. The van der Waals surface area contributed by atoms with Crippen molar-refractivity contribution >= 4 is 58.1 Å². The van der Waals surface area contributed by atoms with Gasteiger partial charge in [0, 0.05) is 54.5 Å². The molecular weight excluding hydrogens is 1760 g/mol. The second kappa shape index (κ2) is 56.3. The number of aromatic amines is 1. The highest BCUT2D eigenvalue weighted by atomic mass is 16.4. The molecule has 4 N–H and O–H groups in total. The molecule has 144 heavy (non-hydrogen) atoms. The number of carbonyl (C=O) groups is 3. The standard InChI is InChI=1S/C15H24.C14H18O.C13H17NO.C13H20.C12H14.2C12H18.C11H13NO.C11H15N.C11H13N.C10H11NO2/c1-12(2)6-7-13-8-10-14(11-9-13)15(3,4)5;1-9(2)10-5-6-12-11(7-10)8-13(15)14(12,3)4;1-8(2)9-5-6-11-10(7-9)13(3,4)12(15)14-11;1-4-12-7-9-13(10-8-12)6-5-11(2)3;1-9(2)11-7-6-10-4-3-5-12(10)8-11;1-10(2)7-8-12-6-4-5-11(3)9-12;1-10(2)8-9-12-7-5-4-6-11(12)3;1-7(2)8-3-4-9-6-12-11(13)10(9)5-8;2*1-8(2)9-3-4-11-10(7-9)5-6-12-11;1-6(2)7-3-4-8-9(5-7)13-10(12)11-8/h8-12H,6-7H2,1-5H3;5-7,9H,8H2,1-4H3;5-8H,1-4H3,(H,14,15);7-11H,4-6H2,1-3H3;3-4,6-9H,5H2,1-2H3;4-6,9-10H,7-8H2,1-3H3;4-7,10H,8-9H2,1-3H3;3-5,7H,6H2,1-2H3,(H,12,13);3-4,7-8,12H,5-6H2,1-2H3;3-4,6-8H,5H2,1-2H3;3-6H,1-2H3,(H,11,12). The molecule has 2 amide bonds. The molecule has 10 heteroatoms. The van der Waals surface area contributed by atoms with Crippen LogP contribution in [0.15, 0.2) is 245 Å². The smallest absolute Gasteiger partial charge is 0.408 e. The molecular formula is C134H181N5O5. The number of nitrogens with zero attached hydrogens (tertiary/aromatic N) is 1. The van der Waals surface area contributed by atoms with Crippen LogP contribution in [0.2, 0.25) is 0 Å². The van der Waals surface area contributed by atoms with E-state index in [1.165, 1.54) is 180 Å². The minimum Gasteiger partial charge on any atom is -0.408 e. The minimum atomic E-state index is -0.393. The third-order valence-electron chi connectivity index (χ3n) is 28.2. The predicted octanol–water partition coefficient (Wildman–Crippen LogP) is 35.4. The molecule has 18 rings (SSSR count). The number of benzene rings is 11. The summed E-state index contributed by atoms with van der Waals surface area (Å²) in [4.78, 5) is 52.6. The second-order valence-electron chi connectivity index (χ2n) is 46.3. The minimum absolute atomic E-state index is 0.0671. The molecule has 0 unspecified atom stereocenters. The lowest BCUT2D eigenvalue weighted by Gasteiger charge is -2.19. The number of amides is 2. The molecule has 5 heterocycles. The molecule has 12 aromatic rings. The largest absolute Gasteiger partial charge is 0.417 e. The van der Waals surface area contributed by atoms with Gasteiger partial charge in [-0.25, -0.2) is 4.79 Å². The average Bonchev–Trinajstić information content (AvgIpc) is 1.62. The molecule has 0 radical (unpaired) electrons.